The fraction of sp³-hybridized carbons (Fsp3) is 0. The molecule has 0 N–H and O–H groups in total. The number of thiophene rings is 3. The second kappa shape index (κ2) is 6.05. The van der Waals surface area contributed by atoms with E-state index < -0.39 is 0 Å². The second-order valence-electron chi connectivity index (χ2n) is 4.32. The van der Waals surface area contributed by atoms with Gasteiger partial charge in [0.05, 0.1) is 32.0 Å². The van der Waals surface area contributed by atoms with Gasteiger partial charge in [0.25, 0.3) is 0 Å². The molecule has 0 aromatic carbocycles. The highest BCUT2D eigenvalue weighted by molar-refractivity contribution is 7.26. The summed E-state index contributed by atoms with van der Waals surface area (Å²) in [6.45, 7) is 0. The Bertz CT molecular complexity index is 986. The van der Waals surface area contributed by atoms with E-state index in [2.05, 4.69) is 12.1 Å². The second-order valence-corrected chi connectivity index (χ2v) is 7.16. The smallest absolute Gasteiger partial charge is 0.102 e. The molecule has 3 aromatic heterocycles. The van der Waals surface area contributed by atoms with E-state index in [1.54, 1.807) is 10.8 Å². The first-order chi connectivity index (χ1) is 11.2. The molecule has 0 spiro atoms. The van der Waals surface area contributed by atoms with Gasteiger partial charge in [0, 0.05) is 20.5 Å². The summed E-state index contributed by atoms with van der Waals surface area (Å²) in [5.41, 5.74) is 1.52. The number of rotatable bonds is 2. The molecule has 0 unspecified atom stereocenters. The topological polar surface area (TPSA) is 95.2 Å². The highest BCUT2D eigenvalue weighted by Gasteiger charge is 2.18. The molecule has 0 atom stereocenters. The first-order valence-electron chi connectivity index (χ1n) is 6.17. The van der Waals surface area contributed by atoms with Crippen LogP contribution in [0.3, 0.4) is 0 Å². The van der Waals surface area contributed by atoms with E-state index in [4.69, 9.17) is 10.5 Å². The molecule has 3 rings (SSSR count). The van der Waals surface area contributed by atoms with E-state index in [9.17, 15) is 10.5 Å². The summed E-state index contributed by atoms with van der Waals surface area (Å²) in [6.07, 6.45) is 0. The van der Waals surface area contributed by atoms with Gasteiger partial charge in [-0.05, 0) is 12.1 Å². The molecule has 0 saturated carbocycles. The maximum atomic E-state index is 9.25. The zero-order valence-corrected chi connectivity index (χ0v) is 13.8. The van der Waals surface area contributed by atoms with E-state index in [0.29, 0.717) is 22.3 Å². The van der Waals surface area contributed by atoms with Crippen LogP contribution in [0.4, 0.5) is 0 Å². The molecule has 0 radical (unpaired) electrons. The zero-order valence-electron chi connectivity index (χ0n) is 11.3. The quantitative estimate of drug-likeness (QED) is 0.671. The molecule has 0 fully saturated rings. The number of hydrogen-bond acceptors (Lipinski definition) is 7. The molecule has 0 aliphatic carbocycles. The first kappa shape index (κ1) is 15.0. The Morgan fingerprint density at radius 2 is 1.09 bits per heavy atom. The molecule has 23 heavy (non-hydrogen) atoms. The predicted octanol–water partition coefficient (Wildman–Crippen LogP) is 4.69. The third-order valence-corrected chi connectivity index (χ3v) is 6.51. The minimum absolute atomic E-state index is 0.378. The molecule has 0 bridgehead atoms. The van der Waals surface area contributed by atoms with Gasteiger partial charge >= 0.3 is 0 Å². The van der Waals surface area contributed by atoms with Gasteiger partial charge in [0.15, 0.2) is 0 Å². The van der Waals surface area contributed by atoms with Crippen molar-refractivity contribution in [1.82, 2.24) is 0 Å². The van der Waals surface area contributed by atoms with Crippen LogP contribution in [0, 0.1) is 45.3 Å². The van der Waals surface area contributed by atoms with Gasteiger partial charge in [-0.25, -0.2) is 0 Å². The van der Waals surface area contributed by atoms with Gasteiger partial charge in [-0.1, -0.05) is 0 Å². The molecule has 106 valence electrons. The lowest BCUT2D eigenvalue weighted by Gasteiger charge is -1.94. The van der Waals surface area contributed by atoms with E-state index in [1.807, 2.05) is 24.3 Å². The van der Waals surface area contributed by atoms with Gasteiger partial charge in [0.1, 0.15) is 24.3 Å². The molecule has 0 aliphatic heterocycles. The maximum Gasteiger partial charge on any atom is 0.102 e. The standard InChI is InChI=1S/C16H4N4S3/c17-3-9-7-21-15(11(9)5-19)13-1-2-14(23-13)16-12(6-20)10(4-18)8-22-16/h1-2,7-8H. The van der Waals surface area contributed by atoms with Gasteiger partial charge in [-0.3, -0.25) is 0 Å². The van der Waals surface area contributed by atoms with Crippen molar-refractivity contribution in [3.05, 3.63) is 45.1 Å². The van der Waals surface area contributed by atoms with Gasteiger partial charge in [0.2, 0.25) is 0 Å². The van der Waals surface area contributed by atoms with Crippen LogP contribution >= 0.6 is 34.0 Å². The lowest BCUT2D eigenvalue weighted by atomic mass is 10.1. The van der Waals surface area contributed by atoms with E-state index in [-0.39, 0.29) is 0 Å². The van der Waals surface area contributed by atoms with Crippen molar-refractivity contribution in [2.75, 3.05) is 0 Å². The molecule has 7 heteroatoms. The Morgan fingerprint density at radius 1 is 0.652 bits per heavy atom. The molecule has 0 saturated heterocycles. The summed E-state index contributed by atoms with van der Waals surface area (Å²) >= 11 is 4.16. The molecule has 0 amide bonds. The van der Waals surface area contributed by atoms with Crippen LogP contribution in [0.2, 0.25) is 0 Å². The Hall–Kier alpha value is -2.94. The predicted molar refractivity (Wildman–Crippen MR) is 89.8 cm³/mol. The SMILES string of the molecule is N#Cc1csc(-c2ccc(-c3scc(C#N)c3C#N)s2)c1C#N. The minimum atomic E-state index is 0.378. The van der Waals surface area contributed by atoms with Crippen molar-refractivity contribution in [1.29, 1.82) is 21.0 Å². The van der Waals surface area contributed by atoms with E-state index in [1.165, 1.54) is 34.0 Å². The molecular formula is C16H4N4S3. The average molecular weight is 348 g/mol. The monoisotopic (exact) mass is 348 g/mol. The van der Waals surface area contributed by atoms with Crippen LogP contribution in [0.15, 0.2) is 22.9 Å². The van der Waals surface area contributed by atoms with Crippen molar-refractivity contribution in [2.45, 2.75) is 0 Å². The highest BCUT2D eigenvalue weighted by Crippen LogP contribution is 2.42. The summed E-state index contributed by atoms with van der Waals surface area (Å²) in [4.78, 5) is 3.27. The average Bonchev–Trinajstić information content (AvgIpc) is 3.29. The van der Waals surface area contributed by atoms with Gasteiger partial charge in [-0.2, -0.15) is 21.0 Å². The van der Waals surface area contributed by atoms with Crippen molar-refractivity contribution in [3.8, 4) is 43.8 Å². The normalized spacial score (nSPS) is 9.57. The summed E-state index contributed by atoms with van der Waals surface area (Å²) < 4.78 is 0. The van der Waals surface area contributed by atoms with Gasteiger partial charge < -0.3 is 0 Å². The van der Waals surface area contributed by atoms with Crippen LogP contribution < -0.4 is 0 Å². The first-order valence-corrected chi connectivity index (χ1v) is 8.75. The fourth-order valence-corrected chi connectivity index (χ4v) is 5.21. The van der Waals surface area contributed by atoms with E-state index >= 15 is 0 Å². The Balaban J connectivity index is 2.10. The number of nitrogens with zero attached hydrogens (tertiary/aromatic N) is 4. The third-order valence-electron chi connectivity index (χ3n) is 3.10. The minimum Gasteiger partial charge on any atom is -0.192 e. The highest BCUT2D eigenvalue weighted by atomic mass is 32.1. The van der Waals surface area contributed by atoms with Crippen molar-refractivity contribution < 1.29 is 0 Å². The summed E-state index contributed by atoms with van der Waals surface area (Å²) in [7, 11) is 0. The third kappa shape index (κ3) is 2.40. The van der Waals surface area contributed by atoms with Crippen LogP contribution in [0.25, 0.3) is 19.5 Å². The number of nitriles is 4. The Morgan fingerprint density at radius 3 is 1.43 bits per heavy atom. The largest absolute Gasteiger partial charge is 0.192 e. The van der Waals surface area contributed by atoms with Crippen LogP contribution in [-0.4, -0.2) is 0 Å². The number of hydrogen-bond donors (Lipinski definition) is 0. The lowest BCUT2D eigenvalue weighted by Crippen LogP contribution is -1.77. The lowest BCUT2D eigenvalue weighted by molar-refractivity contribution is 1.46. The Kier molecular flexibility index (Phi) is 3.94. The van der Waals surface area contributed by atoms with Crippen molar-refractivity contribution in [2.24, 2.45) is 0 Å². The van der Waals surface area contributed by atoms with Gasteiger partial charge in [-0.15, -0.1) is 34.0 Å². The molecule has 0 aliphatic rings. The molecule has 4 nitrogen and oxygen atoms in total. The zero-order chi connectivity index (χ0) is 16.4. The summed E-state index contributed by atoms with van der Waals surface area (Å²) in [6, 6.07) is 12.0. The molecular weight excluding hydrogens is 344 g/mol. The van der Waals surface area contributed by atoms with Crippen LogP contribution in [0.5, 0.6) is 0 Å². The molecule has 3 heterocycles. The Labute approximate surface area is 143 Å². The van der Waals surface area contributed by atoms with Crippen molar-refractivity contribution in [3.63, 3.8) is 0 Å². The summed E-state index contributed by atoms with van der Waals surface area (Å²) in [5, 5.41) is 39.9. The van der Waals surface area contributed by atoms with Crippen LogP contribution in [0.1, 0.15) is 22.3 Å². The van der Waals surface area contributed by atoms with Crippen molar-refractivity contribution >= 4 is 34.0 Å². The summed E-state index contributed by atoms with van der Waals surface area (Å²) in [5.74, 6) is 0. The maximum absolute atomic E-state index is 9.25. The molecule has 3 aromatic rings. The van der Waals surface area contributed by atoms with Crippen LogP contribution in [-0.2, 0) is 0 Å². The fourth-order valence-electron chi connectivity index (χ4n) is 2.05. The van der Waals surface area contributed by atoms with E-state index in [0.717, 1.165) is 19.5 Å².